The predicted molar refractivity (Wildman–Crippen MR) is 71.6 cm³/mol. The summed E-state index contributed by atoms with van der Waals surface area (Å²) in [4.78, 5) is 4.29. The molecule has 3 rings (SSSR count). The van der Waals surface area contributed by atoms with E-state index in [1.165, 1.54) is 10.5 Å². The molecule has 0 bridgehead atoms. The Balaban J connectivity index is 2.04. The number of alkyl halides is 3. The van der Waals surface area contributed by atoms with Crippen molar-refractivity contribution in [2.24, 2.45) is 0 Å². The normalized spacial score (nSPS) is 12.0. The highest BCUT2D eigenvalue weighted by molar-refractivity contribution is 5.63. The molecule has 1 aromatic carbocycles. The highest BCUT2D eigenvalue weighted by atomic mass is 19.4. The highest BCUT2D eigenvalue weighted by Gasteiger charge is 2.30. The van der Waals surface area contributed by atoms with E-state index in [2.05, 4.69) is 4.98 Å². The molecule has 0 saturated carbocycles. The number of rotatable bonds is 2. The number of hydrogen-bond acceptors (Lipinski definition) is 2. The van der Waals surface area contributed by atoms with Crippen molar-refractivity contribution in [2.75, 3.05) is 0 Å². The van der Waals surface area contributed by atoms with Crippen molar-refractivity contribution in [3.8, 4) is 11.3 Å². The van der Waals surface area contributed by atoms with Crippen LogP contribution in [0.15, 0.2) is 48.8 Å². The van der Waals surface area contributed by atoms with Crippen molar-refractivity contribution in [1.82, 2.24) is 9.38 Å². The summed E-state index contributed by atoms with van der Waals surface area (Å²) in [5.74, 6) is 0. The third-order valence-electron chi connectivity index (χ3n) is 3.21. The quantitative estimate of drug-likeness (QED) is 0.785. The first-order valence-electron chi connectivity index (χ1n) is 6.23. The molecule has 3 nitrogen and oxygen atoms in total. The minimum atomic E-state index is -4.37. The first kappa shape index (κ1) is 13.6. The van der Waals surface area contributed by atoms with Crippen molar-refractivity contribution in [1.29, 1.82) is 0 Å². The summed E-state index contributed by atoms with van der Waals surface area (Å²) in [7, 11) is 0. The van der Waals surface area contributed by atoms with Gasteiger partial charge in [0.25, 0.3) is 0 Å². The molecular formula is C15H11F3N2O. The Morgan fingerprint density at radius 1 is 1.00 bits per heavy atom. The second-order valence-corrected chi connectivity index (χ2v) is 4.66. The molecule has 6 heteroatoms. The van der Waals surface area contributed by atoms with E-state index in [1.807, 2.05) is 0 Å². The summed E-state index contributed by atoms with van der Waals surface area (Å²) in [6.45, 7) is -0.0552. The van der Waals surface area contributed by atoms with Crippen LogP contribution in [-0.2, 0) is 12.8 Å². The molecular weight excluding hydrogens is 281 g/mol. The SMILES string of the molecule is OCc1ccc(-c2cn3cc(C(F)(F)F)ccc3n2)cc1. The monoisotopic (exact) mass is 292 g/mol. The molecule has 0 unspecified atom stereocenters. The Labute approximate surface area is 118 Å². The number of nitrogens with zero attached hydrogens (tertiary/aromatic N) is 2. The molecule has 0 spiro atoms. The third kappa shape index (κ3) is 2.62. The summed E-state index contributed by atoms with van der Waals surface area (Å²) < 4.78 is 39.4. The largest absolute Gasteiger partial charge is 0.417 e. The maximum atomic E-state index is 12.7. The molecule has 0 aliphatic carbocycles. The van der Waals surface area contributed by atoms with Crippen LogP contribution < -0.4 is 0 Å². The highest BCUT2D eigenvalue weighted by Crippen LogP contribution is 2.30. The van der Waals surface area contributed by atoms with Crippen LogP contribution >= 0.6 is 0 Å². The minimum absolute atomic E-state index is 0.0552. The molecule has 2 heterocycles. The number of aromatic nitrogens is 2. The van der Waals surface area contributed by atoms with E-state index in [0.29, 0.717) is 11.3 Å². The van der Waals surface area contributed by atoms with Gasteiger partial charge in [0.2, 0.25) is 0 Å². The van der Waals surface area contributed by atoms with Crippen LogP contribution in [0.5, 0.6) is 0 Å². The van der Waals surface area contributed by atoms with Gasteiger partial charge in [0.1, 0.15) is 5.65 Å². The van der Waals surface area contributed by atoms with Crippen LogP contribution in [0, 0.1) is 0 Å². The second kappa shape index (κ2) is 4.89. The average Bonchev–Trinajstić information content (AvgIpc) is 2.89. The lowest BCUT2D eigenvalue weighted by Crippen LogP contribution is -2.05. The standard InChI is InChI=1S/C15H11F3N2O/c16-15(17,18)12-5-6-14-19-13(8-20(14)7-12)11-3-1-10(9-21)2-4-11/h1-8,21H,9H2. The lowest BCUT2D eigenvalue weighted by Gasteiger charge is -2.05. The van der Waals surface area contributed by atoms with E-state index in [4.69, 9.17) is 5.11 Å². The zero-order valence-corrected chi connectivity index (χ0v) is 10.8. The molecule has 108 valence electrons. The average molecular weight is 292 g/mol. The molecule has 0 radical (unpaired) electrons. The van der Waals surface area contributed by atoms with E-state index >= 15 is 0 Å². The van der Waals surface area contributed by atoms with E-state index in [1.54, 1.807) is 30.5 Å². The van der Waals surface area contributed by atoms with Crippen LogP contribution in [0.3, 0.4) is 0 Å². The number of hydrogen-bond donors (Lipinski definition) is 1. The van der Waals surface area contributed by atoms with E-state index in [0.717, 1.165) is 23.4 Å². The van der Waals surface area contributed by atoms with Gasteiger partial charge in [-0.1, -0.05) is 24.3 Å². The number of fused-ring (bicyclic) bond motifs is 1. The van der Waals surface area contributed by atoms with E-state index < -0.39 is 11.7 Å². The van der Waals surface area contributed by atoms with Crippen LogP contribution in [0.2, 0.25) is 0 Å². The molecule has 0 aliphatic rings. The summed E-state index contributed by atoms with van der Waals surface area (Å²) in [6, 6.07) is 9.41. The predicted octanol–water partition coefficient (Wildman–Crippen LogP) is 3.51. The van der Waals surface area contributed by atoms with Gasteiger partial charge >= 0.3 is 6.18 Å². The molecule has 0 saturated heterocycles. The number of halogens is 3. The minimum Gasteiger partial charge on any atom is -0.392 e. The van der Waals surface area contributed by atoms with Crippen LogP contribution in [0.25, 0.3) is 16.9 Å². The van der Waals surface area contributed by atoms with Gasteiger partial charge in [0, 0.05) is 18.0 Å². The van der Waals surface area contributed by atoms with E-state index in [-0.39, 0.29) is 6.61 Å². The molecule has 0 fully saturated rings. The maximum Gasteiger partial charge on any atom is 0.417 e. The van der Waals surface area contributed by atoms with Crippen LogP contribution in [0.1, 0.15) is 11.1 Å². The number of aliphatic hydroxyl groups is 1. The van der Waals surface area contributed by atoms with Crippen molar-refractivity contribution < 1.29 is 18.3 Å². The van der Waals surface area contributed by atoms with Gasteiger partial charge in [-0.2, -0.15) is 13.2 Å². The molecule has 1 N–H and O–H groups in total. The Morgan fingerprint density at radius 2 is 1.71 bits per heavy atom. The number of pyridine rings is 1. The van der Waals surface area contributed by atoms with Gasteiger partial charge in [-0.15, -0.1) is 0 Å². The maximum absolute atomic E-state index is 12.7. The second-order valence-electron chi connectivity index (χ2n) is 4.66. The summed E-state index contributed by atoms with van der Waals surface area (Å²) >= 11 is 0. The Hall–Kier alpha value is -2.34. The van der Waals surface area contributed by atoms with Crippen LogP contribution in [0.4, 0.5) is 13.2 Å². The molecule has 21 heavy (non-hydrogen) atoms. The van der Waals surface area contributed by atoms with Gasteiger partial charge in [0.05, 0.1) is 17.9 Å². The first-order chi connectivity index (χ1) is 9.97. The lowest BCUT2D eigenvalue weighted by atomic mass is 10.1. The van der Waals surface area contributed by atoms with Gasteiger partial charge in [-0.25, -0.2) is 4.98 Å². The number of imidazole rings is 1. The molecule has 2 aromatic heterocycles. The Bertz CT molecular complexity index is 776. The Kier molecular flexibility index (Phi) is 3.17. The molecule has 3 aromatic rings. The smallest absolute Gasteiger partial charge is 0.392 e. The molecule has 0 amide bonds. The zero-order chi connectivity index (χ0) is 15.0. The summed E-state index contributed by atoms with van der Waals surface area (Å²) in [5, 5.41) is 8.99. The van der Waals surface area contributed by atoms with Gasteiger partial charge in [-0.05, 0) is 17.7 Å². The summed E-state index contributed by atoms with van der Waals surface area (Å²) in [5.41, 5.74) is 1.86. The topological polar surface area (TPSA) is 37.5 Å². The third-order valence-corrected chi connectivity index (χ3v) is 3.21. The van der Waals surface area contributed by atoms with Crippen molar-refractivity contribution in [2.45, 2.75) is 12.8 Å². The number of aliphatic hydroxyl groups excluding tert-OH is 1. The first-order valence-corrected chi connectivity index (χ1v) is 6.23. The van der Waals surface area contributed by atoms with Crippen molar-refractivity contribution in [3.63, 3.8) is 0 Å². The van der Waals surface area contributed by atoms with E-state index in [9.17, 15) is 13.2 Å². The van der Waals surface area contributed by atoms with Crippen molar-refractivity contribution in [3.05, 3.63) is 59.9 Å². The summed E-state index contributed by atoms with van der Waals surface area (Å²) in [6.07, 6.45) is -1.80. The Morgan fingerprint density at radius 3 is 2.33 bits per heavy atom. The lowest BCUT2D eigenvalue weighted by molar-refractivity contribution is -0.137. The fourth-order valence-corrected chi connectivity index (χ4v) is 2.08. The number of benzene rings is 1. The zero-order valence-electron chi connectivity index (χ0n) is 10.8. The van der Waals surface area contributed by atoms with Gasteiger partial charge in [0.15, 0.2) is 0 Å². The molecule has 0 atom stereocenters. The fraction of sp³-hybridized carbons (Fsp3) is 0.133. The van der Waals surface area contributed by atoms with Crippen LogP contribution in [-0.4, -0.2) is 14.5 Å². The van der Waals surface area contributed by atoms with Gasteiger partial charge < -0.3 is 9.51 Å². The fourth-order valence-electron chi connectivity index (χ4n) is 2.08. The van der Waals surface area contributed by atoms with Gasteiger partial charge in [-0.3, -0.25) is 0 Å². The van der Waals surface area contributed by atoms with Crippen molar-refractivity contribution >= 4 is 5.65 Å². The molecule has 0 aliphatic heterocycles.